The smallest absolute Gasteiger partial charge is 0.263 e. The van der Waals surface area contributed by atoms with Gasteiger partial charge < -0.3 is 0 Å². The monoisotopic (exact) mass is 428 g/mol. The van der Waals surface area contributed by atoms with Gasteiger partial charge in [-0.25, -0.2) is 18.1 Å². The maximum Gasteiger partial charge on any atom is 0.263 e. The molecule has 6 nitrogen and oxygen atoms in total. The fourth-order valence-electron chi connectivity index (χ4n) is 2.28. The van der Waals surface area contributed by atoms with Gasteiger partial charge in [-0.15, -0.1) is 0 Å². The summed E-state index contributed by atoms with van der Waals surface area (Å²) in [6.07, 6.45) is 3.12. The molecule has 0 unspecified atom stereocenters. The molecule has 126 valence electrons. The molecule has 3 rings (SSSR count). The maximum absolute atomic E-state index is 12.5. The van der Waals surface area contributed by atoms with Crippen molar-refractivity contribution < 1.29 is 8.42 Å². The van der Waals surface area contributed by atoms with Crippen molar-refractivity contribution in [1.29, 1.82) is 0 Å². The number of aromatic nitrogens is 3. The lowest BCUT2D eigenvalue weighted by Crippen LogP contribution is -2.13. The van der Waals surface area contributed by atoms with Gasteiger partial charge in [0, 0.05) is 15.9 Å². The summed E-state index contributed by atoms with van der Waals surface area (Å²) in [6, 6.07) is 6.45. The third-order valence-electron chi connectivity index (χ3n) is 3.36. The van der Waals surface area contributed by atoms with E-state index in [4.69, 9.17) is 11.6 Å². The van der Waals surface area contributed by atoms with E-state index in [9.17, 15) is 8.42 Å². The second kappa shape index (κ2) is 6.34. The normalized spacial score (nSPS) is 12.0. The standard InChI is InChI=1S/C15H14BrClN4O2S/c1-9(2)21-15-10(7-19-21)5-12(8-18-15)20-24(22,23)14-4-3-11(16)6-13(14)17/h3-9,20H,1-2H3. The third-order valence-corrected chi connectivity index (χ3v) is 5.72. The molecule has 9 heteroatoms. The fraction of sp³-hybridized carbons (Fsp3) is 0.200. The van der Waals surface area contributed by atoms with Gasteiger partial charge in [0.05, 0.1) is 23.1 Å². The van der Waals surface area contributed by atoms with E-state index in [2.05, 4.69) is 30.7 Å². The molecule has 0 aliphatic carbocycles. The van der Waals surface area contributed by atoms with Crippen molar-refractivity contribution in [3.63, 3.8) is 0 Å². The molecule has 24 heavy (non-hydrogen) atoms. The van der Waals surface area contributed by atoms with E-state index in [-0.39, 0.29) is 16.0 Å². The number of sulfonamides is 1. The maximum atomic E-state index is 12.5. The summed E-state index contributed by atoms with van der Waals surface area (Å²) in [6.45, 7) is 4.00. The Morgan fingerprint density at radius 3 is 2.67 bits per heavy atom. The van der Waals surface area contributed by atoms with E-state index in [1.54, 1.807) is 23.0 Å². The Kier molecular flexibility index (Phi) is 4.54. The molecule has 0 bridgehead atoms. The third kappa shape index (κ3) is 3.26. The summed E-state index contributed by atoms with van der Waals surface area (Å²) in [4.78, 5) is 4.31. The van der Waals surface area contributed by atoms with Crippen LogP contribution in [-0.2, 0) is 10.0 Å². The van der Waals surface area contributed by atoms with Crippen LogP contribution in [0, 0.1) is 0 Å². The van der Waals surface area contributed by atoms with E-state index >= 15 is 0 Å². The zero-order valence-corrected chi connectivity index (χ0v) is 16.0. The first-order valence-corrected chi connectivity index (χ1v) is 9.74. The van der Waals surface area contributed by atoms with Crippen molar-refractivity contribution in [2.75, 3.05) is 4.72 Å². The zero-order valence-electron chi connectivity index (χ0n) is 12.9. The van der Waals surface area contributed by atoms with Gasteiger partial charge in [-0.3, -0.25) is 4.72 Å². The van der Waals surface area contributed by atoms with Gasteiger partial charge in [-0.1, -0.05) is 27.5 Å². The van der Waals surface area contributed by atoms with Crippen LogP contribution in [-0.4, -0.2) is 23.2 Å². The topological polar surface area (TPSA) is 76.9 Å². The highest BCUT2D eigenvalue weighted by Gasteiger charge is 2.19. The SMILES string of the molecule is CC(C)n1ncc2cc(NS(=O)(=O)c3ccc(Br)cc3Cl)cnc21. The minimum Gasteiger partial charge on any atom is -0.278 e. The molecule has 0 saturated carbocycles. The van der Waals surface area contributed by atoms with Gasteiger partial charge in [0.15, 0.2) is 5.65 Å². The first-order chi connectivity index (χ1) is 11.3. The van der Waals surface area contributed by atoms with Crippen LogP contribution in [0.4, 0.5) is 5.69 Å². The lowest BCUT2D eigenvalue weighted by molar-refractivity contribution is 0.546. The Balaban J connectivity index is 1.96. The summed E-state index contributed by atoms with van der Waals surface area (Å²) in [5.41, 5.74) is 1.06. The van der Waals surface area contributed by atoms with Gasteiger partial charge >= 0.3 is 0 Å². The molecule has 0 radical (unpaired) electrons. The van der Waals surface area contributed by atoms with Crippen LogP contribution < -0.4 is 4.72 Å². The van der Waals surface area contributed by atoms with Crippen molar-refractivity contribution in [2.45, 2.75) is 24.8 Å². The number of pyridine rings is 1. The molecular weight excluding hydrogens is 416 g/mol. The summed E-state index contributed by atoms with van der Waals surface area (Å²) in [5, 5.41) is 5.16. The fourth-order valence-corrected chi connectivity index (χ4v) is 4.35. The number of benzene rings is 1. The summed E-state index contributed by atoms with van der Waals surface area (Å²) >= 11 is 9.29. The first-order valence-electron chi connectivity index (χ1n) is 7.09. The molecular formula is C15H14BrClN4O2S. The number of hydrogen-bond donors (Lipinski definition) is 1. The molecule has 2 heterocycles. The Hall–Kier alpha value is -1.64. The van der Waals surface area contributed by atoms with Gasteiger partial charge in [0.2, 0.25) is 0 Å². The lowest BCUT2D eigenvalue weighted by Gasteiger charge is -2.10. The van der Waals surface area contributed by atoms with Crippen LogP contribution in [0.25, 0.3) is 11.0 Å². The highest BCUT2D eigenvalue weighted by Crippen LogP contribution is 2.27. The highest BCUT2D eigenvalue weighted by atomic mass is 79.9. The Labute approximate surface area is 153 Å². The summed E-state index contributed by atoms with van der Waals surface area (Å²) in [5.74, 6) is 0. The van der Waals surface area contributed by atoms with Crippen LogP contribution in [0.3, 0.4) is 0 Å². The minimum atomic E-state index is -3.81. The molecule has 0 spiro atoms. The Morgan fingerprint density at radius 2 is 2.00 bits per heavy atom. The summed E-state index contributed by atoms with van der Waals surface area (Å²) in [7, 11) is -3.81. The van der Waals surface area contributed by atoms with Crippen LogP contribution >= 0.6 is 27.5 Å². The second-order valence-electron chi connectivity index (χ2n) is 5.50. The molecule has 0 aliphatic heterocycles. The molecule has 1 N–H and O–H groups in total. The summed E-state index contributed by atoms with van der Waals surface area (Å²) < 4.78 is 30.0. The minimum absolute atomic E-state index is 0.00494. The molecule has 0 fully saturated rings. The predicted molar refractivity (Wildman–Crippen MR) is 97.9 cm³/mol. The number of anilines is 1. The van der Waals surface area contributed by atoms with Crippen molar-refractivity contribution in [3.8, 4) is 0 Å². The largest absolute Gasteiger partial charge is 0.278 e. The molecule has 3 aromatic rings. The van der Waals surface area contributed by atoms with Gasteiger partial charge in [-0.05, 0) is 38.1 Å². The van der Waals surface area contributed by atoms with E-state index in [1.165, 1.54) is 18.3 Å². The number of halogens is 2. The second-order valence-corrected chi connectivity index (χ2v) is 8.47. The van der Waals surface area contributed by atoms with Crippen molar-refractivity contribution in [1.82, 2.24) is 14.8 Å². The molecule has 0 atom stereocenters. The van der Waals surface area contributed by atoms with Gasteiger partial charge in [-0.2, -0.15) is 5.10 Å². The van der Waals surface area contributed by atoms with E-state index in [1.807, 2.05) is 13.8 Å². The van der Waals surface area contributed by atoms with Gasteiger partial charge in [0.25, 0.3) is 10.0 Å². The average molecular weight is 430 g/mol. The molecule has 0 aliphatic rings. The number of fused-ring (bicyclic) bond motifs is 1. The Bertz CT molecular complexity index is 1020. The Morgan fingerprint density at radius 1 is 1.25 bits per heavy atom. The first kappa shape index (κ1) is 17.2. The van der Waals surface area contributed by atoms with Gasteiger partial charge in [0.1, 0.15) is 4.90 Å². The van der Waals surface area contributed by atoms with Crippen LogP contribution in [0.2, 0.25) is 5.02 Å². The molecule has 0 saturated heterocycles. The predicted octanol–water partition coefficient (Wildman–Crippen LogP) is 4.23. The van der Waals surface area contributed by atoms with E-state index in [0.29, 0.717) is 15.8 Å². The average Bonchev–Trinajstić information content (AvgIpc) is 2.89. The van der Waals surface area contributed by atoms with Crippen molar-refractivity contribution >= 4 is 54.3 Å². The van der Waals surface area contributed by atoms with E-state index < -0.39 is 10.0 Å². The number of nitrogens with zero attached hydrogens (tertiary/aromatic N) is 3. The molecule has 1 aromatic carbocycles. The number of nitrogens with one attached hydrogen (secondary N) is 1. The lowest BCUT2D eigenvalue weighted by atomic mass is 10.3. The van der Waals surface area contributed by atoms with E-state index in [0.717, 1.165) is 5.39 Å². The molecule has 0 amide bonds. The number of rotatable bonds is 4. The van der Waals surface area contributed by atoms with Crippen LogP contribution in [0.15, 0.2) is 46.0 Å². The molecule has 2 aromatic heterocycles. The zero-order chi connectivity index (χ0) is 17.5. The van der Waals surface area contributed by atoms with Crippen molar-refractivity contribution in [3.05, 3.63) is 46.2 Å². The van der Waals surface area contributed by atoms with Crippen LogP contribution in [0.5, 0.6) is 0 Å². The van der Waals surface area contributed by atoms with Crippen molar-refractivity contribution in [2.24, 2.45) is 0 Å². The quantitative estimate of drug-likeness (QED) is 0.673. The number of hydrogen-bond acceptors (Lipinski definition) is 4. The highest BCUT2D eigenvalue weighted by molar-refractivity contribution is 9.10. The van der Waals surface area contributed by atoms with Crippen LogP contribution in [0.1, 0.15) is 19.9 Å².